The van der Waals surface area contributed by atoms with Crippen LogP contribution in [-0.2, 0) is 14.3 Å². The number of cyclic esters (lactones) is 1. The molecule has 1 saturated heterocycles. The third kappa shape index (κ3) is 3.24. The zero-order valence-corrected chi connectivity index (χ0v) is 11.9. The van der Waals surface area contributed by atoms with Crippen molar-refractivity contribution in [2.24, 2.45) is 5.41 Å². The van der Waals surface area contributed by atoms with Gasteiger partial charge in [-0.1, -0.05) is 24.3 Å². The molecule has 0 aromatic heterocycles. The fraction of sp³-hybridized carbons (Fsp3) is 0.375. The smallest absolute Gasteiger partial charge is 0.323 e. The second-order valence-electron chi connectivity index (χ2n) is 5.01. The molecular weight excluding hydrogens is 272 g/mol. The first-order chi connectivity index (χ1) is 10.1. The molecule has 0 saturated carbocycles. The number of carbonyl (C=O) groups excluding carboxylic acids is 1. The lowest BCUT2D eigenvalue weighted by Crippen LogP contribution is -2.43. The van der Waals surface area contributed by atoms with Crippen molar-refractivity contribution >= 4 is 18.0 Å². The number of aliphatic carboxylic acids is 1. The lowest BCUT2D eigenvalue weighted by atomic mass is 9.78. The molecule has 1 aliphatic heterocycles. The maximum Gasteiger partial charge on any atom is 0.323 e. The van der Waals surface area contributed by atoms with E-state index in [-0.39, 0.29) is 6.42 Å². The van der Waals surface area contributed by atoms with Gasteiger partial charge in [0.2, 0.25) is 0 Å². The van der Waals surface area contributed by atoms with Crippen LogP contribution >= 0.6 is 0 Å². The Kier molecular flexibility index (Phi) is 4.62. The highest BCUT2D eigenvalue weighted by molar-refractivity contribution is 5.99. The molecule has 1 aliphatic rings. The summed E-state index contributed by atoms with van der Waals surface area (Å²) in [5.74, 6) is -1.00. The van der Waals surface area contributed by atoms with Crippen molar-refractivity contribution in [2.75, 3.05) is 13.7 Å². The second-order valence-corrected chi connectivity index (χ2v) is 5.01. The van der Waals surface area contributed by atoms with E-state index in [2.05, 4.69) is 0 Å². The van der Waals surface area contributed by atoms with E-state index in [1.54, 1.807) is 19.3 Å². The molecule has 5 heteroatoms. The summed E-state index contributed by atoms with van der Waals surface area (Å²) in [6.45, 7) is 0.302. The lowest BCUT2D eigenvalue weighted by Gasteiger charge is -2.29. The molecule has 5 nitrogen and oxygen atoms in total. The highest BCUT2D eigenvalue weighted by Gasteiger charge is 2.48. The van der Waals surface area contributed by atoms with Gasteiger partial charge in [-0.2, -0.15) is 0 Å². The molecule has 1 N–H and O–H groups in total. The van der Waals surface area contributed by atoms with E-state index in [9.17, 15) is 14.7 Å². The number of carbonyl (C=O) groups is 2. The average molecular weight is 290 g/mol. The van der Waals surface area contributed by atoms with Crippen molar-refractivity contribution in [3.05, 3.63) is 35.9 Å². The molecule has 0 aliphatic carbocycles. The van der Waals surface area contributed by atoms with Gasteiger partial charge >= 0.3 is 11.9 Å². The number of esters is 1. The SMILES string of the molecule is COc1ccc(/C=C/C[C@@]2(C(=O)O)CCCOC2=O)cc1. The summed E-state index contributed by atoms with van der Waals surface area (Å²) < 4.78 is 9.99. The largest absolute Gasteiger partial charge is 0.497 e. The molecule has 0 amide bonds. The third-order valence-electron chi connectivity index (χ3n) is 3.67. The van der Waals surface area contributed by atoms with E-state index >= 15 is 0 Å². The summed E-state index contributed by atoms with van der Waals surface area (Å²) in [5, 5.41) is 9.37. The molecule has 1 heterocycles. The van der Waals surface area contributed by atoms with Crippen molar-refractivity contribution in [1.82, 2.24) is 0 Å². The average Bonchev–Trinajstić information content (AvgIpc) is 2.50. The number of methoxy groups -OCH3 is 1. The topological polar surface area (TPSA) is 72.8 Å². The Morgan fingerprint density at radius 2 is 2.14 bits per heavy atom. The third-order valence-corrected chi connectivity index (χ3v) is 3.67. The number of ether oxygens (including phenoxy) is 2. The van der Waals surface area contributed by atoms with Crippen LogP contribution in [0.4, 0.5) is 0 Å². The van der Waals surface area contributed by atoms with E-state index in [1.165, 1.54) is 0 Å². The van der Waals surface area contributed by atoms with Crippen LogP contribution in [0.15, 0.2) is 30.3 Å². The Bertz CT molecular complexity index is 546. The van der Waals surface area contributed by atoms with Crippen molar-refractivity contribution in [1.29, 1.82) is 0 Å². The molecule has 2 rings (SSSR count). The molecule has 0 spiro atoms. The van der Waals surface area contributed by atoms with E-state index in [1.807, 2.05) is 24.3 Å². The highest BCUT2D eigenvalue weighted by Crippen LogP contribution is 2.34. The van der Waals surface area contributed by atoms with Gasteiger partial charge in [-0.05, 0) is 37.0 Å². The van der Waals surface area contributed by atoms with Crippen LogP contribution < -0.4 is 4.74 Å². The molecule has 1 aromatic carbocycles. The molecule has 21 heavy (non-hydrogen) atoms. The predicted octanol–water partition coefficient (Wildman–Crippen LogP) is 2.51. The fourth-order valence-corrected chi connectivity index (χ4v) is 2.36. The monoisotopic (exact) mass is 290 g/mol. The van der Waals surface area contributed by atoms with Gasteiger partial charge < -0.3 is 14.6 Å². The maximum absolute atomic E-state index is 11.8. The van der Waals surface area contributed by atoms with Gasteiger partial charge in [-0.15, -0.1) is 0 Å². The Labute approximate surface area is 123 Å². The van der Waals surface area contributed by atoms with E-state index < -0.39 is 17.4 Å². The number of carboxylic acid groups (broad SMARTS) is 1. The standard InChI is InChI=1S/C16H18O5/c1-20-13-7-5-12(6-8-13)4-2-9-16(14(17)18)10-3-11-21-15(16)19/h2,4-8H,3,9-11H2,1H3,(H,17,18)/b4-2+/t16-/m0/s1. The van der Waals surface area contributed by atoms with Crippen molar-refractivity contribution in [3.63, 3.8) is 0 Å². The number of allylic oxidation sites excluding steroid dienone is 1. The van der Waals surface area contributed by atoms with Crippen LogP contribution in [0.25, 0.3) is 6.08 Å². The fourth-order valence-electron chi connectivity index (χ4n) is 2.36. The minimum Gasteiger partial charge on any atom is -0.497 e. The van der Waals surface area contributed by atoms with Gasteiger partial charge in [0.15, 0.2) is 5.41 Å². The van der Waals surface area contributed by atoms with E-state index in [0.29, 0.717) is 19.4 Å². The summed E-state index contributed by atoms with van der Waals surface area (Å²) in [7, 11) is 1.59. The number of hydrogen-bond donors (Lipinski definition) is 1. The second kappa shape index (κ2) is 6.43. The predicted molar refractivity (Wildman–Crippen MR) is 76.9 cm³/mol. The molecule has 1 fully saturated rings. The van der Waals surface area contributed by atoms with Gasteiger partial charge in [-0.3, -0.25) is 9.59 Å². The van der Waals surface area contributed by atoms with Gasteiger partial charge in [0, 0.05) is 0 Å². The first-order valence-electron chi connectivity index (χ1n) is 6.80. The van der Waals surface area contributed by atoms with Gasteiger partial charge in [-0.25, -0.2) is 0 Å². The zero-order valence-electron chi connectivity index (χ0n) is 11.9. The van der Waals surface area contributed by atoms with Crippen molar-refractivity contribution < 1.29 is 24.2 Å². The van der Waals surface area contributed by atoms with E-state index in [0.717, 1.165) is 11.3 Å². The molecule has 1 atom stereocenters. The maximum atomic E-state index is 11.8. The molecule has 0 unspecified atom stereocenters. The van der Waals surface area contributed by atoms with Crippen molar-refractivity contribution in [3.8, 4) is 5.75 Å². The molecular formula is C16H18O5. The number of hydrogen-bond acceptors (Lipinski definition) is 4. The van der Waals surface area contributed by atoms with Gasteiger partial charge in [0.1, 0.15) is 5.75 Å². The number of carboxylic acids is 1. The Balaban J connectivity index is 2.09. The van der Waals surface area contributed by atoms with Crippen LogP contribution in [0.1, 0.15) is 24.8 Å². The molecule has 1 aromatic rings. The molecule has 112 valence electrons. The minimum absolute atomic E-state index is 0.132. The number of rotatable bonds is 5. The van der Waals surface area contributed by atoms with Crippen LogP contribution in [-0.4, -0.2) is 30.8 Å². The summed E-state index contributed by atoms with van der Waals surface area (Å²) in [4.78, 5) is 23.3. The van der Waals surface area contributed by atoms with Crippen molar-refractivity contribution in [2.45, 2.75) is 19.3 Å². The number of benzene rings is 1. The Hall–Kier alpha value is -2.30. The zero-order chi connectivity index (χ0) is 15.3. The first-order valence-corrected chi connectivity index (χ1v) is 6.80. The summed E-state index contributed by atoms with van der Waals surface area (Å²) in [5.41, 5.74) is -0.526. The van der Waals surface area contributed by atoms with Crippen LogP contribution in [0, 0.1) is 5.41 Å². The van der Waals surface area contributed by atoms with Gasteiger partial charge in [0.05, 0.1) is 13.7 Å². The van der Waals surface area contributed by atoms with Crippen LogP contribution in [0.2, 0.25) is 0 Å². The highest BCUT2D eigenvalue weighted by atomic mass is 16.5. The normalized spacial score (nSPS) is 22.0. The Morgan fingerprint density at radius 1 is 1.43 bits per heavy atom. The van der Waals surface area contributed by atoms with Gasteiger partial charge in [0.25, 0.3) is 0 Å². The summed E-state index contributed by atoms with van der Waals surface area (Å²) >= 11 is 0. The summed E-state index contributed by atoms with van der Waals surface area (Å²) in [6.07, 6.45) is 4.53. The van der Waals surface area contributed by atoms with Crippen LogP contribution in [0.3, 0.4) is 0 Å². The molecule has 0 bridgehead atoms. The molecule has 0 radical (unpaired) electrons. The quantitative estimate of drug-likeness (QED) is 0.666. The van der Waals surface area contributed by atoms with E-state index in [4.69, 9.17) is 9.47 Å². The summed E-state index contributed by atoms with van der Waals surface area (Å²) in [6, 6.07) is 7.37. The minimum atomic E-state index is -1.44. The lowest BCUT2D eigenvalue weighted by molar-refractivity contribution is -0.174. The Morgan fingerprint density at radius 3 is 2.71 bits per heavy atom. The van der Waals surface area contributed by atoms with Crippen LogP contribution in [0.5, 0.6) is 5.75 Å². The first kappa shape index (κ1) is 15.1.